The third kappa shape index (κ3) is 7.81. The Morgan fingerprint density at radius 3 is 1.03 bits per heavy atom. The number of rotatable bonds is 10. The molecule has 7 aromatic rings. The lowest BCUT2D eigenvalue weighted by Gasteiger charge is -2.22. The molecule has 0 spiro atoms. The maximum atomic E-state index is 11.8. The first-order valence-corrected chi connectivity index (χ1v) is 17.4. The van der Waals surface area contributed by atoms with Gasteiger partial charge in [0.1, 0.15) is 74.7 Å². The van der Waals surface area contributed by atoms with Crippen LogP contribution >= 0.6 is 0 Å². The van der Waals surface area contributed by atoms with Crippen LogP contribution in [0.5, 0.6) is 144 Å². The molecule has 63 heavy (non-hydrogen) atoms. The van der Waals surface area contributed by atoms with Crippen molar-refractivity contribution in [2.45, 2.75) is 0 Å². The van der Waals surface area contributed by atoms with Crippen LogP contribution < -0.4 is 18.9 Å². The highest BCUT2D eigenvalue weighted by Gasteiger charge is 2.31. The molecule has 0 unspecified atom stereocenters. The highest BCUT2D eigenvalue weighted by molar-refractivity contribution is 5.90. The Morgan fingerprint density at radius 2 is 0.556 bits per heavy atom. The molecule has 0 fully saturated rings. The van der Waals surface area contributed by atoms with Crippen LogP contribution in [0.15, 0.2) is 78.9 Å². The third-order valence-corrected chi connectivity index (χ3v) is 8.85. The number of ether oxygens (including phenoxy) is 4. The van der Waals surface area contributed by atoms with Crippen LogP contribution in [0.25, 0.3) is 22.3 Å². The second kappa shape index (κ2) is 15.5. The smallest absolute Gasteiger partial charge is 0.212 e. The van der Waals surface area contributed by atoms with Crippen molar-refractivity contribution in [3.63, 3.8) is 0 Å². The van der Waals surface area contributed by atoms with Gasteiger partial charge in [0.05, 0.1) is 22.3 Å². The Bertz CT molecular complexity index is 2910. The number of benzene rings is 7. The average molecular weight is 871 g/mol. The second-order valence-corrected chi connectivity index (χ2v) is 13.3. The first-order chi connectivity index (χ1) is 29.7. The Morgan fingerprint density at radius 1 is 0.222 bits per heavy atom. The molecule has 17 N–H and O–H groups in total. The molecular formula is C42H30O21. The molecule has 0 aliphatic carbocycles. The molecule has 7 aromatic carbocycles. The molecule has 21 nitrogen and oxygen atoms in total. The quantitative estimate of drug-likeness (QED) is 0.0646. The Hall–Kier alpha value is -9.66. The average Bonchev–Trinajstić information content (AvgIpc) is 3.15. The van der Waals surface area contributed by atoms with E-state index in [9.17, 15) is 86.8 Å². The van der Waals surface area contributed by atoms with Gasteiger partial charge in [-0.2, -0.15) is 0 Å². The van der Waals surface area contributed by atoms with Gasteiger partial charge >= 0.3 is 0 Å². The Kier molecular flexibility index (Phi) is 10.2. The number of aromatic hydroxyl groups is 17. The summed E-state index contributed by atoms with van der Waals surface area (Å²) in [5, 5.41) is 181. The van der Waals surface area contributed by atoms with Crippen LogP contribution in [0.3, 0.4) is 0 Å². The van der Waals surface area contributed by atoms with Crippen LogP contribution in [0.4, 0.5) is 0 Å². The summed E-state index contributed by atoms with van der Waals surface area (Å²) in [6.45, 7) is 0. The standard InChI is InChI=1S/C42H30O21/c43-14-1-15(44)3-20(2-14)60-42-31(62-40-28(56)12-25(53)35(37(40)58)33-21(49)4-16(45)5-22(33)50)10-19(48)11-32(42)63-41-29(57)13-30(61-39-26(54)8-18(47)9-27(39)55)36(38(41)59)34-23(51)6-17(46)7-24(34)52/h1-13,43-59H. The van der Waals surface area contributed by atoms with Gasteiger partial charge < -0.3 is 106 Å². The van der Waals surface area contributed by atoms with E-state index in [2.05, 4.69) is 0 Å². The molecular weight excluding hydrogens is 840 g/mol. The van der Waals surface area contributed by atoms with Gasteiger partial charge in [-0.25, -0.2) is 0 Å². The molecule has 21 heteroatoms. The van der Waals surface area contributed by atoms with Crippen molar-refractivity contribution in [3.05, 3.63) is 78.9 Å². The first-order valence-electron chi connectivity index (χ1n) is 17.4. The molecule has 324 valence electrons. The summed E-state index contributed by atoms with van der Waals surface area (Å²) in [7, 11) is 0. The zero-order chi connectivity index (χ0) is 45.8. The zero-order valence-electron chi connectivity index (χ0n) is 31.2. The van der Waals surface area contributed by atoms with Crippen molar-refractivity contribution in [2.24, 2.45) is 0 Å². The van der Waals surface area contributed by atoms with Gasteiger partial charge in [0.15, 0.2) is 46.0 Å². The summed E-state index contributed by atoms with van der Waals surface area (Å²) in [5.74, 6) is -20.7. The highest BCUT2D eigenvalue weighted by Crippen LogP contribution is 2.60. The number of hydrogen-bond donors (Lipinski definition) is 17. The van der Waals surface area contributed by atoms with Crippen LogP contribution in [-0.2, 0) is 0 Å². The van der Waals surface area contributed by atoms with Gasteiger partial charge in [-0.05, 0) is 0 Å². The van der Waals surface area contributed by atoms with Crippen molar-refractivity contribution in [1.29, 1.82) is 0 Å². The first kappa shape index (κ1) is 41.5. The molecule has 0 atom stereocenters. The monoisotopic (exact) mass is 870 g/mol. The summed E-state index contributed by atoms with van der Waals surface area (Å²) < 4.78 is 23.1. The van der Waals surface area contributed by atoms with E-state index in [1.165, 1.54) is 0 Å². The number of phenolic OH excluding ortho intramolecular Hbond substituents is 17. The highest BCUT2D eigenvalue weighted by atomic mass is 16.6. The van der Waals surface area contributed by atoms with Gasteiger partial charge in [0, 0.05) is 78.9 Å². The zero-order valence-corrected chi connectivity index (χ0v) is 31.2. The van der Waals surface area contributed by atoms with Crippen molar-refractivity contribution in [1.82, 2.24) is 0 Å². The molecule has 0 saturated carbocycles. The van der Waals surface area contributed by atoms with Crippen molar-refractivity contribution in [2.75, 3.05) is 0 Å². The van der Waals surface area contributed by atoms with Gasteiger partial charge in [0.25, 0.3) is 0 Å². The van der Waals surface area contributed by atoms with Crippen LogP contribution in [-0.4, -0.2) is 86.8 Å². The molecule has 0 radical (unpaired) electrons. The van der Waals surface area contributed by atoms with E-state index in [0.717, 1.165) is 66.7 Å². The lowest BCUT2D eigenvalue weighted by atomic mass is 9.99. The fourth-order valence-corrected chi connectivity index (χ4v) is 6.29. The van der Waals surface area contributed by atoms with E-state index < -0.39 is 166 Å². The summed E-state index contributed by atoms with van der Waals surface area (Å²) >= 11 is 0. The molecule has 0 aromatic heterocycles. The second-order valence-electron chi connectivity index (χ2n) is 13.3. The van der Waals surface area contributed by atoms with Gasteiger partial charge in [-0.15, -0.1) is 0 Å². The van der Waals surface area contributed by atoms with Crippen LogP contribution in [0.1, 0.15) is 0 Å². The van der Waals surface area contributed by atoms with Crippen LogP contribution in [0, 0.1) is 0 Å². The van der Waals surface area contributed by atoms with E-state index in [1.54, 1.807) is 0 Å². The maximum absolute atomic E-state index is 11.8. The molecule has 0 aliphatic heterocycles. The molecule has 0 amide bonds. The fraction of sp³-hybridized carbons (Fsp3) is 0. The number of phenols is 17. The van der Waals surface area contributed by atoms with E-state index in [0.29, 0.717) is 12.1 Å². The van der Waals surface area contributed by atoms with Gasteiger partial charge in [-0.3, -0.25) is 0 Å². The maximum Gasteiger partial charge on any atom is 0.212 e. The topological polar surface area (TPSA) is 381 Å². The minimum absolute atomic E-state index is 0.406. The molecule has 0 heterocycles. The summed E-state index contributed by atoms with van der Waals surface area (Å²) in [4.78, 5) is 0. The predicted octanol–water partition coefficient (Wildman–Crippen LogP) is 7.18. The largest absolute Gasteiger partial charge is 0.508 e. The van der Waals surface area contributed by atoms with Gasteiger partial charge in [-0.1, -0.05) is 0 Å². The third-order valence-electron chi connectivity index (χ3n) is 8.85. The van der Waals surface area contributed by atoms with E-state index in [1.807, 2.05) is 0 Å². The summed E-state index contributed by atoms with van der Waals surface area (Å²) in [6.07, 6.45) is 0. The van der Waals surface area contributed by atoms with E-state index in [4.69, 9.17) is 18.9 Å². The van der Waals surface area contributed by atoms with Crippen molar-refractivity contribution < 1.29 is 106 Å². The summed E-state index contributed by atoms with van der Waals surface area (Å²) in [5.41, 5.74) is -2.90. The van der Waals surface area contributed by atoms with Gasteiger partial charge in [0.2, 0.25) is 23.0 Å². The lowest BCUT2D eigenvalue weighted by Crippen LogP contribution is -1.98. The summed E-state index contributed by atoms with van der Waals surface area (Å²) in [6, 6.07) is 10.1. The Labute approximate surface area is 350 Å². The SMILES string of the molecule is Oc1cc(O)cc(Oc2c(Oc3c(O)cc(O)c(-c4c(O)cc(O)cc4O)c3O)cc(O)cc2Oc2c(O)cc(Oc3c(O)cc(O)cc3O)c(-c3c(O)cc(O)cc3O)c2O)c1. The van der Waals surface area contributed by atoms with E-state index >= 15 is 0 Å². The predicted molar refractivity (Wildman–Crippen MR) is 212 cm³/mol. The van der Waals surface area contributed by atoms with E-state index in [-0.39, 0.29) is 0 Å². The molecule has 0 aliphatic rings. The minimum Gasteiger partial charge on any atom is -0.508 e. The number of hydrogen-bond acceptors (Lipinski definition) is 21. The molecule has 7 rings (SSSR count). The fourth-order valence-electron chi connectivity index (χ4n) is 6.29. The molecule has 0 bridgehead atoms. The van der Waals surface area contributed by atoms with Crippen LogP contribution in [0.2, 0.25) is 0 Å². The van der Waals surface area contributed by atoms with Crippen molar-refractivity contribution >= 4 is 0 Å². The molecule has 0 saturated heterocycles. The van der Waals surface area contributed by atoms with Crippen molar-refractivity contribution in [3.8, 4) is 166 Å². The Balaban J connectivity index is 1.44. The minimum atomic E-state index is -1.22. The lowest BCUT2D eigenvalue weighted by molar-refractivity contribution is 0.334. The normalized spacial score (nSPS) is 11.0.